The van der Waals surface area contributed by atoms with E-state index in [0.717, 1.165) is 19.3 Å². The van der Waals surface area contributed by atoms with Crippen LogP contribution in [-0.4, -0.2) is 21.2 Å². The molecule has 0 bridgehead atoms. The largest absolute Gasteiger partial charge is 0.349 e. The van der Waals surface area contributed by atoms with Gasteiger partial charge >= 0.3 is 0 Å². The molecule has 4 rings (SSSR count). The summed E-state index contributed by atoms with van der Waals surface area (Å²) in [6.07, 6.45) is 3.11. The fraction of sp³-hybridized carbons (Fsp3) is 0.375. The summed E-state index contributed by atoms with van der Waals surface area (Å²) >= 11 is 1.34. The first kappa shape index (κ1) is 20.7. The number of nitrogens with zero attached hydrogens (tertiary/aromatic N) is 2. The molecule has 0 radical (unpaired) electrons. The molecule has 1 aliphatic rings. The van der Waals surface area contributed by atoms with Crippen molar-refractivity contribution in [1.29, 1.82) is 0 Å². The molecule has 1 heterocycles. The second-order valence-electron chi connectivity index (χ2n) is 8.22. The second-order valence-corrected chi connectivity index (χ2v) is 9.16. The van der Waals surface area contributed by atoms with Crippen LogP contribution in [0.5, 0.6) is 0 Å². The van der Waals surface area contributed by atoms with Crippen LogP contribution in [0, 0.1) is 5.92 Å². The van der Waals surface area contributed by atoms with Crippen molar-refractivity contribution in [2.45, 2.75) is 50.9 Å². The van der Waals surface area contributed by atoms with E-state index in [-0.39, 0.29) is 23.3 Å². The number of hydrogen-bond acceptors (Lipinski definition) is 4. The molecule has 30 heavy (non-hydrogen) atoms. The molecule has 0 saturated heterocycles. The summed E-state index contributed by atoms with van der Waals surface area (Å²) in [5.74, 6) is 0.513. The predicted molar refractivity (Wildman–Crippen MR) is 122 cm³/mol. The Morgan fingerprint density at radius 3 is 2.80 bits per heavy atom. The van der Waals surface area contributed by atoms with Gasteiger partial charge in [-0.3, -0.25) is 14.2 Å². The number of amides is 1. The lowest BCUT2D eigenvalue weighted by Gasteiger charge is -2.26. The van der Waals surface area contributed by atoms with E-state index in [0.29, 0.717) is 28.5 Å². The molecule has 1 atom stereocenters. The average Bonchev–Trinajstić information content (AvgIpc) is 2.74. The van der Waals surface area contributed by atoms with Crippen molar-refractivity contribution >= 4 is 28.6 Å². The number of fused-ring (bicyclic) bond motifs is 2. The maximum absolute atomic E-state index is 13.0. The SMILES string of the molecule is CC(C)Cn1c(SCC(=O)N[C@H]2CCCc3ccccc32)nc2ccccc2c1=O. The Hall–Kier alpha value is -2.60. The third kappa shape index (κ3) is 4.43. The van der Waals surface area contributed by atoms with E-state index in [2.05, 4.69) is 42.3 Å². The number of rotatable bonds is 6. The van der Waals surface area contributed by atoms with Gasteiger partial charge in [-0.25, -0.2) is 4.98 Å². The molecule has 6 heteroatoms. The fourth-order valence-corrected chi connectivity index (χ4v) is 4.87. The number of carbonyl (C=O) groups excluding carboxylic acids is 1. The van der Waals surface area contributed by atoms with E-state index in [4.69, 9.17) is 0 Å². The number of nitrogens with one attached hydrogen (secondary N) is 1. The first-order valence-corrected chi connectivity index (χ1v) is 11.5. The monoisotopic (exact) mass is 421 g/mol. The van der Waals surface area contributed by atoms with Crippen LogP contribution < -0.4 is 10.9 Å². The van der Waals surface area contributed by atoms with Gasteiger partial charge in [0.1, 0.15) is 0 Å². The Labute approximate surface area is 180 Å². The van der Waals surface area contributed by atoms with E-state index in [9.17, 15) is 9.59 Å². The Balaban J connectivity index is 1.52. The van der Waals surface area contributed by atoms with Crippen molar-refractivity contribution in [1.82, 2.24) is 14.9 Å². The number of benzene rings is 2. The lowest BCUT2D eigenvalue weighted by molar-refractivity contribution is -0.119. The Morgan fingerprint density at radius 2 is 1.97 bits per heavy atom. The van der Waals surface area contributed by atoms with Crippen LogP contribution in [-0.2, 0) is 17.8 Å². The molecule has 0 fully saturated rings. The predicted octanol–water partition coefficient (Wildman–Crippen LogP) is 4.34. The van der Waals surface area contributed by atoms with Gasteiger partial charge in [0.25, 0.3) is 5.56 Å². The smallest absolute Gasteiger partial charge is 0.262 e. The van der Waals surface area contributed by atoms with Crippen molar-refractivity contribution in [2.75, 3.05) is 5.75 Å². The molecule has 2 aromatic carbocycles. The third-order valence-electron chi connectivity index (χ3n) is 5.41. The van der Waals surface area contributed by atoms with E-state index in [1.54, 1.807) is 4.57 Å². The molecule has 0 saturated carbocycles. The lowest BCUT2D eigenvalue weighted by Crippen LogP contribution is -2.32. The summed E-state index contributed by atoms with van der Waals surface area (Å²) in [5.41, 5.74) is 3.18. The highest BCUT2D eigenvalue weighted by Gasteiger charge is 2.22. The van der Waals surface area contributed by atoms with Crippen LogP contribution in [0.3, 0.4) is 0 Å². The zero-order valence-electron chi connectivity index (χ0n) is 17.4. The minimum Gasteiger partial charge on any atom is -0.349 e. The van der Waals surface area contributed by atoms with Gasteiger partial charge in [-0.1, -0.05) is 62.0 Å². The van der Waals surface area contributed by atoms with E-state index < -0.39 is 0 Å². The number of aromatic nitrogens is 2. The van der Waals surface area contributed by atoms with Crippen LogP contribution >= 0.6 is 11.8 Å². The Bertz CT molecular complexity index is 1120. The number of hydrogen-bond donors (Lipinski definition) is 1. The second kappa shape index (κ2) is 9.04. The summed E-state index contributed by atoms with van der Waals surface area (Å²) in [5, 5.41) is 4.40. The molecule has 156 valence electrons. The molecule has 0 unspecified atom stereocenters. The van der Waals surface area contributed by atoms with Crippen molar-refractivity contribution in [2.24, 2.45) is 5.92 Å². The van der Waals surface area contributed by atoms with Crippen LogP contribution in [0.1, 0.15) is 43.9 Å². The van der Waals surface area contributed by atoms with Gasteiger partial charge in [-0.2, -0.15) is 0 Å². The first-order valence-electron chi connectivity index (χ1n) is 10.5. The highest BCUT2D eigenvalue weighted by Crippen LogP contribution is 2.29. The highest BCUT2D eigenvalue weighted by molar-refractivity contribution is 7.99. The molecular formula is C24H27N3O2S. The van der Waals surface area contributed by atoms with Crippen molar-refractivity contribution < 1.29 is 4.79 Å². The van der Waals surface area contributed by atoms with Crippen LogP contribution in [0.15, 0.2) is 58.5 Å². The highest BCUT2D eigenvalue weighted by atomic mass is 32.2. The van der Waals surface area contributed by atoms with Crippen molar-refractivity contribution in [3.63, 3.8) is 0 Å². The number of carbonyl (C=O) groups is 1. The van der Waals surface area contributed by atoms with Crippen LogP contribution in [0.2, 0.25) is 0 Å². The van der Waals surface area contributed by atoms with E-state index in [1.165, 1.54) is 22.9 Å². The zero-order valence-corrected chi connectivity index (χ0v) is 18.2. The van der Waals surface area contributed by atoms with Gasteiger partial charge in [-0.05, 0) is 48.4 Å². The van der Waals surface area contributed by atoms with Crippen molar-refractivity contribution in [3.05, 3.63) is 70.0 Å². The molecule has 3 aromatic rings. The number of aryl methyl sites for hydroxylation is 1. The molecular weight excluding hydrogens is 394 g/mol. The maximum atomic E-state index is 13.0. The summed E-state index contributed by atoms with van der Waals surface area (Å²) in [7, 11) is 0. The first-order chi connectivity index (χ1) is 14.5. The summed E-state index contributed by atoms with van der Waals surface area (Å²) < 4.78 is 1.71. The Morgan fingerprint density at radius 1 is 1.20 bits per heavy atom. The zero-order chi connectivity index (χ0) is 21.1. The average molecular weight is 422 g/mol. The normalized spacial score (nSPS) is 15.9. The van der Waals surface area contributed by atoms with Crippen LogP contribution in [0.25, 0.3) is 10.9 Å². The van der Waals surface area contributed by atoms with Gasteiger partial charge < -0.3 is 5.32 Å². The molecule has 5 nitrogen and oxygen atoms in total. The number of thioether (sulfide) groups is 1. The molecule has 0 spiro atoms. The molecule has 0 aliphatic heterocycles. The summed E-state index contributed by atoms with van der Waals surface area (Å²) in [6.45, 7) is 4.73. The molecule has 1 amide bonds. The van der Waals surface area contributed by atoms with Crippen LogP contribution in [0.4, 0.5) is 0 Å². The summed E-state index contributed by atoms with van der Waals surface area (Å²) in [6, 6.07) is 15.8. The topological polar surface area (TPSA) is 64.0 Å². The van der Waals surface area contributed by atoms with Gasteiger partial charge in [0.2, 0.25) is 5.91 Å². The standard InChI is InChI=1S/C24H27N3O2S/c1-16(2)14-27-23(29)19-11-5-6-12-21(19)26-24(27)30-15-22(28)25-20-13-7-9-17-8-3-4-10-18(17)20/h3-6,8,10-12,16,20H,7,9,13-15H2,1-2H3,(H,25,28)/t20-/m0/s1. The lowest BCUT2D eigenvalue weighted by atomic mass is 9.88. The fourth-order valence-electron chi connectivity index (χ4n) is 4.05. The van der Waals surface area contributed by atoms with Gasteiger partial charge in [0.05, 0.1) is 22.7 Å². The molecule has 1 aliphatic carbocycles. The summed E-state index contributed by atoms with van der Waals surface area (Å²) in [4.78, 5) is 30.4. The minimum absolute atomic E-state index is 0.0276. The van der Waals surface area contributed by atoms with Crippen molar-refractivity contribution in [3.8, 4) is 0 Å². The van der Waals surface area contributed by atoms with E-state index >= 15 is 0 Å². The minimum atomic E-state index is -0.0431. The van der Waals surface area contributed by atoms with Gasteiger partial charge in [-0.15, -0.1) is 0 Å². The number of para-hydroxylation sites is 1. The molecule has 1 aromatic heterocycles. The molecule has 1 N–H and O–H groups in total. The maximum Gasteiger partial charge on any atom is 0.262 e. The van der Waals surface area contributed by atoms with E-state index in [1.807, 2.05) is 30.3 Å². The quantitative estimate of drug-likeness (QED) is 0.475. The van der Waals surface area contributed by atoms with Gasteiger partial charge in [0, 0.05) is 6.54 Å². The van der Waals surface area contributed by atoms with Gasteiger partial charge in [0.15, 0.2) is 5.16 Å². The Kier molecular flexibility index (Phi) is 6.23. The third-order valence-corrected chi connectivity index (χ3v) is 6.39.